The lowest BCUT2D eigenvalue weighted by atomic mass is 10.0. The van der Waals surface area contributed by atoms with Crippen molar-refractivity contribution in [2.24, 2.45) is 11.8 Å². The number of unbranched alkanes of at least 4 members (excludes halogenated alkanes) is 1. The molecule has 1 nitrogen and oxygen atoms in total. The fraction of sp³-hybridized carbons (Fsp3) is 0.846. The topological polar surface area (TPSA) is 3.24 Å². The molecule has 82 valence electrons. The Morgan fingerprint density at radius 1 is 1.50 bits per heavy atom. The number of nitrogens with zero attached hydrogens (tertiary/aromatic N) is 1. The van der Waals surface area contributed by atoms with Crippen LogP contribution in [0, 0.1) is 11.8 Å². The minimum Gasteiger partial charge on any atom is -0.375 e. The van der Waals surface area contributed by atoms with Crippen LogP contribution in [-0.2, 0) is 0 Å². The van der Waals surface area contributed by atoms with E-state index in [0.717, 1.165) is 5.92 Å². The second-order valence-corrected chi connectivity index (χ2v) is 4.89. The van der Waals surface area contributed by atoms with Crippen molar-refractivity contribution in [1.82, 2.24) is 4.90 Å². The first-order chi connectivity index (χ1) is 6.65. The van der Waals surface area contributed by atoms with Crippen LogP contribution in [0.2, 0.25) is 0 Å². The molecule has 14 heavy (non-hydrogen) atoms. The summed E-state index contributed by atoms with van der Waals surface area (Å²) in [6, 6.07) is 0. The Balaban J connectivity index is 2.30. The summed E-state index contributed by atoms with van der Waals surface area (Å²) < 4.78 is 0. The number of allylic oxidation sites excluding steroid dienone is 1. The van der Waals surface area contributed by atoms with Gasteiger partial charge in [0.25, 0.3) is 0 Å². The number of likely N-dealkylation sites (tertiary alicyclic amines) is 1. The third-order valence-corrected chi connectivity index (χ3v) is 3.32. The molecule has 0 amide bonds. The minimum atomic E-state index is 0.611. The van der Waals surface area contributed by atoms with Crippen LogP contribution >= 0.6 is 0 Å². The lowest BCUT2D eigenvalue weighted by molar-refractivity contribution is 0.358. The maximum absolute atomic E-state index is 4.18. The van der Waals surface area contributed by atoms with Crippen molar-refractivity contribution in [2.45, 2.75) is 46.5 Å². The van der Waals surface area contributed by atoms with Gasteiger partial charge in [0.1, 0.15) is 0 Å². The van der Waals surface area contributed by atoms with E-state index in [2.05, 4.69) is 32.3 Å². The van der Waals surface area contributed by atoms with Crippen molar-refractivity contribution in [3.63, 3.8) is 0 Å². The van der Waals surface area contributed by atoms with Gasteiger partial charge in [0.05, 0.1) is 0 Å². The van der Waals surface area contributed by atoms with Crippen LogP contribution in [0.3, 0.4) is 0 Å². The third kappa shape index (κ3) is 3.04. The summed E-state index contributed by atoms with van der Waals surface area (Å²) in [5, 5.41) is 0. The summed E-state index contributed by atoms with van der Waals surface area (Å²) in [5.41, 5.74) is 1.34. The molecule has 0 N–H and O–H groups in total. The summed E-state index contributed by atoms with van der Waals surface area (Å²) in [6.07, 6.45) is 5.53. The molecule has 1 aliphatic heterocycles. The van der Waals surface area contributed by atoms with E-state index in [-0.39, 0.29) is 0 Å². The quantitative estimate of drug-likeness (QED) is 0.647. The number of hydrogen-bond donors (Lipinski definition) is 0. The van der Waals surface area contributed by atoms with Gasteiger partial charge in [-0.2, -0.15) is 0 Å². The summed E-state index contributed by atoms with van der Waals surface area (Å²) >= 11 is 0. The standard InChI is InChI=1S/C13H25N/c1-5-6-7-13-8-9-14(10-13)12(4)11(2)3/h11,13H,4-10H2,1-3H3. The molecule has 1 saturated heterocycles. The molecule has 1 heteroatoms. The molecule has 0 spiro atoms. The van der Waals surface area contributed by atoms with Gasteiger partial charge in [0.2, 0.25) is 0 Å². The maximum atomic E-state index is 4.18. The molecular formula is C13H25N. The fourth-order valence-electron chi connectivity index (χ4n) is 2.19. The molecule has 1 unspecified atom stereocenters. The Hall–Kier alpha value is -0.460. The second-order valence-electron chi connectivity index (χ2n) is 4.89. The van der Waals surface area contributed by atoms with Crippen molar-refractivity contribution in [3.05, 3.63) is 12.3 Å². The van der Waals surface area contributed by atoms with Crippen molar-refractivity contribution >= 4 is 0 Å². The molecular weight excluding hydrogens is 170 g/mol. The van der Waals surface area contributed by atoms with Crippen LogP contribution in [0.25, 0.3) is 0 Å². The molecule has 1 atom stereocenters. The van der Waals surface area contributed by atoms with E-state index in [1.807, 2.05) is 0 Å². The van der Waals surface area contributed by atoms with Gasteiger partial charge in [0, 0.05) is 18.8 Å². The zero-order valence-electron chi connectivity index (χ0n) is 10.1. The summed E-state index contributed by atoms with van der Waals surface area (Å²) in [6.45, 7) is 13.4. The zero-order valence-corrected chi connectivity index (χ0v) is 10.1. The van der Waals surface area contributed by atoms with E-state index < -0.39 is 0 Å². The highest BCUT2D eigenvalue weighted by Gasteiger charge is 2.23. The van der Waals surface area contributed by atoms with Crippen LogP contribution < -0.4 is 0 Å². The van der Waals surface area contributed by atoms with Crippen LogP contribution in [-0.4, -0.2) is 18.0 Å². The Labute approximate surface area is 89.2 Å². The summed E-state index contributed by atoms with van der Waals surface area (Å²) in [7, 11) is 0. The van der Waals surface area contributed by atoms with E-state index in [1.54, 1.807) is 0 Å². The average Bonchev–Trinajstić information content (AvgIpc) is 2.61. The highest BCUT2D eigenvalue weighted by molar-refractivity contribution is 5.00. The first-order valence-corrected chi connectivity index (χ1v) is 6.08. The molecule has 0 aromatic carbocycles. The molecule has 0 aromatic rings. The van der Waals surface area contributed by atoms with Crippen LogP contribution in [0.5, 0.6) is 0 Å². The van der Waals surface area contributed by atoms with Gasteiger partial charge in [0.15, 0.2) is 0 Å². The maximum Gasteiger partial charge on any atom is 0.0203 e. The predicted octanol–water partition coefficient (Wildman–Crippen LogP) is 3.67. The fourth-order valence-corrected chi connectivity index (χ4v) is 2.19. The van der Waals surface area contributed by atoms with Gasteiger partial charge < -0.3 is 4.90 Å². The van der Waals surface area contributed by atoms with Gasteiger partial charge in [-0.15, -0.1) is 0 Å². The van der Waals surface area contributed by atoms with Crippen molar-refractivity contribution in [3.8, 4) is 0 Å². The Kier molecular flexibility index (Phi) is 4.50. The van der Waals surface area contributed by atoms with Gasteiger partial charge >= 0.3 is 0 Å². The monoisotopic (exact) mass is 195 g/mol. The molecule has 0 radical (unpaired) electrons. The molecule has 0 aliphatic carbocycles. The van der Waals surface area contributed by atoms with Crippen molar-refractivity contribution < 1.29 is 0 Å². The van der Waals surface area contributed by atoms with Gasteiger partial charge in [-0.3, -0.25) is 0 Å². The predicted molar refractivity (Wildman–Crippen MR) is 63.2 cm³/mol. The van der Waals surface area contributed by atoms with Crippen molar-refractivity contribution in [2.75, 3.05) is 13.1 Å². The first kappa shape index (κ1) is 11.6. The molecule has 1 heterocycles. The van der Waals surface area contributed by atoms with E-state index in [1.165, 1.54) is 44.5 Å². The summed E-state index contributed by atoms with van der Waals surface area (Å²) in [4.78, 5) is 2.49. The third-order valence-electron chi connectivity index (χ3n) is 3.32. The smallest absolute Gasteiger partial charge is 0.0203 e. The minimum absolute atomic E-state index is 0.611. The van der Waals surface area contributed by atoms with Gasteiger partial charge in [-0.1, -0.05) is 40.2 Å². The SMILES string of the molecule is C=C(C(C)C)N1CCC(CCCC)C1. The van der Waals surface area contributed by atoms with Crippen LogP contribution in [0.15, 0.2) is 12.3 Å². The second kappa shape index (κ2) is 5.43. The molecule has 1 fully saturated rings. The number of hydrogen-bond acceptors (Lipinski definition) is 1. The number of rotatable bonds is 5. The lowest BCUT2D eigenvalue weighted by Crippen LogP contribution is -2.22. The van der Waals surface area contributed by atoms with E-state index in [0.29, 0.717) is 5.92 Å². The van der Waals surface area contributed by atoms with E-state index in [4.69, 9.17) is 0 Å². The van der Waals surface area contributed by atoms with Crippen molar-refractivity contribution in [1.29, 1.82) is 0 Å². The Morgan fingerprint density at radius 2 is 2.21 bits per heavy atom. The highest BCUT2D eigenvalue weighted by atomic mass is 15.2. The lowest BCUT2D eigenvalue weighted by Gasteiger charge is -2.24. The molecule has 1 rings (SSSR count). The molecule has 0 bridgehead atoms. The highest BCUT2D eigenvalue weighted by Crippen LogP contribution is 2.26. The normalized spacial score (nSPS) is 22.0. The molecule has 0 saturated carbocycles. The Bertz CT molecular complexity index is 184. The summed E-state index contributed by atoms with van der Waals surface area (Å²) in [5.74, 6) is 1.55. The molecule has 0 aromatic heterocycles. The van der Waals surface area contributed by atoms with E-state index >= 15 is 0 Å². The average molecular weight is 195 g/mol. The van der Waals surface area contributed by atoms with Gasteiger partial charge in [-0.05, 0) is 24.7 Å². The zero-order chi connectivity index (χ0) is 10.6. The first-order valence-electron chi connectivity index (χ1n) is 6.08. The Morgan fingerprint density at radius 3 is 2.79 bits per heavy atom. The van der Waals surface area contributed by atoms with E-state index in [9.17, 15) is 0 Å². The largest absolute Gasteiger partial charge is 0.375 e. The molecule has 1 aliphatic rings. The van der Waals surface area contributed by atoms with Crippen LogP contribution in [0.4, 0.5) is 0 Å². The van der Waals surface area contributed by atoms with Gasteiger partial charge in [-0.25, -0.2) is 0 Å². The van der Waals surface area contributed by atoms with Crippen LogP contribution in [0.1, 0.15) is 46.5 Å².